The summed E-state index contributed by atoms with van der Waals surface area (Å²) in [6.07, 6.45) is 2.39. The van der Waals surface area contributed by atoms with E-state index in [9.17, 15) is 22.4 Å². The van der Waals surface area contributed by atoms with Gasteiger partial charge >= 0.3 is 6.55 Å². The molecule has 0 aliphatic carbocycles. The average Bonchev–Trinajstić information content (AvgIpc) is 2.97. The Morgan fingerprint density at radius 2 is 2.08 bits per heavy atom. The number of benzene rings is 1. The van der Waals surface area contributed by atoms with Gasteiger partial charge in [-0.2, -0.15) is 8.78 Å². The lowest BCUT2D eigenvalue weighted by Crippen LogP contribution is -2.39. The summed E-state index contributed by atoms with van der Waals surface area (Å²) >= 11 is 0. The maximum absolute atomic E-state index is 13.6. The molecule has 1 atom stereocenters. The SMILES string of the molecule is C[C@H](C(=O)Nc1ccc(F)cc1F)N(C)Cc1nccn1C(F)F. The molecule has 1 amide bonds. The molecule has 1 aromatic carbocycles. The van der Waals surface area contributed by atoms with E-state index in [0.29, 0.717) is 10.6 Å². The molecule has 0 aliphatic rings. The largest absolute Gasteiger partial charge is 0.322 e. The number of nitrogens with one attached hydrogen (secondary N) is 1. The van der Waals surface area contributed by atoms with Crippen molar-refractivity contribution >= 4 is 11.6 Å². The summed E-state index contributed by atoms with van der Waals surface area (Å²) in [5.74, 6) is -2.11. The highest BCUT2D eigenvalue weighted by Gasteiger charge is 2.22. The molecule has 0 radical (unpaired) electrons. The summed E-state index contributed by atoms with van der Waals surface area (Å²) in [5, 5.41) is 2.34. The minimum Gasteiger partial charge on any atom is -0.322 e. The Bertz CT molecular complexity index is 719. The van der Waals surface area contributed by atoms with Gasteiger partial charge in [-0.1, -0.05) is 0 Å². The molecule has 24 heavy (non-hydrogen) atoms. The number of likely N-dealkylation sites (N-methyl/N-ethyl adjacent to an activating group) is 1. The van der Waals surface area contributed by atoms with E-state index in [-0.39, 0.29) is 18.1 Å². The molecule has 0 fully saturated rings. The van der Waals surface area contributed by atoms with Gasteiger partial charge in [-0.3, -0.25) is 14.3 Å². The Morgan fingerprint density at radius 3 is 2.71 bits per heavy atom. The maximum Gasteiger partial charge on any atom is 0.319 e. The smallest absolute Gasteiger partial charge is 0.319 e. The molecule has 0 saturated carbocycles. The first-order chi connectivity index (χ1) is 11.3. The van der Waals surface area contributed by atoms with Crippen molar-refractivity contribution in [2.24, 2.45) is 0 Å². The quantitative estimate of drug-likeness (QED) is 0.820. The predicted molar refractivity (Wildman–Crippen MR) is 79.4 cm³/mol. The molecule has 0 saturated heterocycles. The number of imidazole rings is 1. The van der Waals surface area contributed by atoms with E-state index in [4.69, 9.17) is 0 Å². The summed E-state index contributed by atoms with van der Waals surface area (Å²) in [7, 11) is 1.55. The first kappa shape index (κ1) is 17.9. The number of hydrogen-bond acceptors (Lipinski definition) is 3. The van der Waals surface area contributed by atoms with Crippen LogP contribution < -0.4 is 5.32 Å². The molecule has 130 valence electrons. The fraction of sp³-hybridized carbons (Fsp3) is 0.333. The van der Waals surface area contributed by atoms with Crippen molar-refractivity contribution in [2.45, 2.75) is 26.1 Å². The lowest BCUT2D eigenvalue weighted by atomic mass is 10.2. The zero-order valence-corrected chi connectivity index (χ0v) is 13.0. The van der Waals surface area contributed by atoms with Crippen LogP contribution in [0.2, 0.25) is 0 Å². The number of anilines is 1. The van der Waals surface area contributed by atoms with E-state index in [1.807, 2.05) is 0 Å². The van der Waals surface area contributed by atoms with Gasteiger partial charge in [0.05, 0.1) is 18.3 Å². The van der Waals surface area contributed by atoms with Gasteiger partial charge in [-0.15, -0.1) is 0 Å². The van der Waals surface area contributed by atoms with Crippen molar-refractivity contribution in [3.8, 4) is 0 Å². The molecule has 0 spiro atoms. The number of carbonyl (C=O) groups excluding carboxylic acids is 1. The second-order valence-electron chi connectivity index (χ2n) is 5.23. The van der Waals surface area contributed by atoms with Gasteiger partial charge in [0.1, 0.15) is 17.5 Å². The molecular formula is C15H16F4N4O. The standard InChI is InChI=1S/C15H16F4N4O/c1-9(14(24)21-12-4-3-10(16)7-11(12)17)22(2)8-13-20-5-6-23(13)15(18)19/h3-7,9,15H,8H2,1-2H3,(H,21,24)/t9-/m1/s1. The normalized spacial score (nSPS) is 12.7. The molecule has 5 nitrogen and oxygen atoms in total. The van der Waals surface area contributed by atoms with Gasteiger partial charge in [0, 0.05) is 18.5 Å². The van der Waals surface area contributed by atoms with Gasteiger partial charge in [0.25, 0.3) is 0 Å². The summed E-state index contributed by atoms with van der Waals surface area (Å²) < 4.78 is 52.7. The molecule has 1 N–H and O–H groups in total. The molecule has 0 aliphatic heterocycles. The Balaban J connectivity index is 2.02. The second kappa shape index (κ2) is 7.43. The van der Waals surface area contributed by atoms with Crippen LogP contribution in [0.5, 0.6) is 0 Å². The number of amides is 1. The molecule has 0 unspecified atom stereocenters. The fourth-order valence-corrected chi connectivity index (χ4v) is 2.03. The van der Waals surface area contributed by atoms with Crippen molar-refractivity contribution in [3.05, 3.63) is 48.1 Å². The number of alkyl halides is 2. The number of aromatic nitrogens is 2. The number of nitrogens with zero attached hydrogens (tertiary/aromatic N) is 3. The van der Waals surface area contributed by atoms with Crippen LogP contribution in [0.15, 0.2) is 30.6 Å². The van der Waals surface area contributed by atoms with Crippen LogP contribution in [0.4, 0.5) is 23.2 Å². The van der Waals surface area contributed by atoms with Crippen molar-refractivity contribution in [1.82, 2.24) is 14.5 Å². The molecule has 2 aromatic rings. The molecular weight excluding hydrogens is 328 g/mol. The molecule has 1 heterocycles. The minimum atomic E-state index is -2.73. The molecule has 2 rings (SSSR count). The number of hydrogen-bond donors (Lipinski definition) is 1. The van der Waals surface area contributed by atoms with Gasteiger partial charge in [0.2, 0.25) is 5.91 Å². The first-order valence-corrected chi connectivity index (χ1v) is 7.05. The van der Waals surface area contributed by atoms with Crippen LogP contribution in [-0.2, 0) is 11.3 Å². The average molecular weight is 344 g/mol. The third-order valence-electron chi connectivity index (χ3n) is 3.58. The fourth-order valence-electron chi connectivity index (χ4n) is 2.03. The van der Waals surface area contributed by atoms with Crippen LogP contribution in [0.25, 0.3) is 0 Å². The number of carbonyl (C=O) groups is 1. The summed E-state index contributed by atoms with van der Waals surface area (Å²) in [5.41, 5.74) is -0.157. The van der Waals surface area contributed by atoms with E-state index in [2.05, 4.69) is 10.3 Å². The van der Waals surface area contributed by atoms with Crippen molar-refractivity contribution < 1.29 is 22.4 Å². The lowest BCUT2D eigenvalue weighted by Gasteiger charge is -2.24. The van der Waals surface area contributed by atoms with Crippen LogP contribution in [0, 0.1) is 11.6 Å². The van der Waals surface area contributed by atoms with E-state index in [1.165, 1.54) is 18.0 Å². The Morgan fingerprint density at radius 1 is 1.38 bits per heavy atom. The molecule has 1 aromatic heterocycles. The Kier molecular flexibility index (Phi) is 5.55. The summed E-state index contributed by atoms with van der Waals surface area (Å²) in [6, 6.07) is 2.03. The van der Waals surface area contributed by atoms with Crippen LogP contribution in [-0.4, -0.2) is 33.4 Å². The number of halogens is 4. The van der Waals surface area contributed by atoms with E-state index < -0.39 is 30.1 Å². The zero-order valence-electron chi connectivity index (χ0n) is 13.0. The van der Waals surface area contributed by atoms with Crippen LogP contribution in [0.1, 0.15) is 19.3 Å². The van der Waals surface area contributed by atoms with Crippen LogP contribution in [0.3, 0.4) is 0 Å². The van der Waals surface area contributed by atoms with E-state index in [0.717, 1.165) is 18.3 Å². The van der Waals surface area contributed by atoms with Gasteiger partial charge < -0.3 is 5.32 Å². The highest BCUT2D eigenvalue weighted by atomic mass is 19.3. The lowest BCUT2D eigenvalue weighted by molar-refractivity contribution is -0.120. The summed E-state index contributed by atoms with van der Waals surface area (Å²) in [4.78, 5) is 17.5. The third-order valence-corrected chi connectivity index (χ3v) is 3.58. The van der Waals surface area contributed by atoms with Gasteiger partial charge in [-0.25, -0.2) is 13.8 Å². The monoisotopic (exact) mass is 344 g/mol. The number of rotatable bonds is 6. The highest BCUT2D eigenvalue weighted by molar-refractivity contribution is 5.94. The van der Waals surface area contributed by atoms with Crippen molar-refractivity contribution in [2.75, 3.05) is 12.4 Å². The topological polar surface area (TPSA) is 50.2 Å². The second-order valence-corrected chi connectivity index (χ2v) is 5.23. The minimum absolute atomic E-state index is 0.00216. The maximum atomic E-state index is 13.6. The van der Waals surface area contributed by atoms with E-state index >= 15 is 0 Å². The molecule has 9 heteroatoms. The van der Waals surface area contributed by atoms with Crippen LogP contribution >= 0.6 is 0 Å². The molecule has 0 bridgehead atoms. The van der Waals surface area contributed by atoms with Crippen molar-refractivity contribution in [1.29, 1.82) is 0 Å². The predicted octanol–water partition coefficient (Wildman–Crippen LogP) is 3.02. The Labute approximate surface area is 135 Å². The zero-order chi connectivity index (χ0) is 17.9. The third kappa shape index (κ3) is 4.10. The van der Waals surface area contributed by atoms with Crippen molar-refractivity contribution in [3.63, 3.8) is 0 Å². The highest BCUT2D eigenvalue weighted by Crippen LogP contribution is 2.17. The Hall–Kier alpha value is -2.42. The van der Waals surface area contributed by atoms with Gasteiger partial charge in [-0.05, 0) is 26.1 Å². The summed E-state index contributed by atoms with van der Waals surface area (Å²) in [6.45, 7) is -1.20. The van der Waals surface area contributed by atoms with E-state index in [1.54, 1.807) is 7.05 Å². The van der Waals surface area contributed by atoms with Gasteiger partial charge in [0.15, 0.2) is 0 Å². The first-order valence-electron chi connectivity index (χ1n) is 7.05.